The Labute approximate surface area is 165 Å². The van der Waals surface area contributed by atoms with E-state index in [-0.39, 0.29) is 6.29 Å². The van der Waals surface area contributed by atoms with Crippen molar-refractivity contribution >= 4 is 12.1 Å². The zero-order valence-corrected chi connectivity index (χ0v) is 16.6. The van der Waals surface area contributed by atoms with Gasteiger partial charge in [0.25, 0.3) is 0 Å². The molecule has 8 nitrogen and oxygen atoms in total. The van der Waals surface area contributed by atoms with Crippen LogP contribution in [-0.2, 0) is 19.0 Å². The van der Waals surface area contributed by atoms with Crippen molar-refractivity contribution in [3.05, 3.63) is 29.8 Å². The van der Waals surface area contributed by atoms with Gasteiger partial charge in [-0.2, -0.15) is 0 Å². The molecule has 2 N–H and O–H groups in total. The fourth-order valence-electron chi connectivity index (χ4n) is 2.65. The summed E-state index contributed by atoms with van der Waals surface area (Å²) in [6, 6.07) is 5.28. The molecule has 1 heterocycles. The van der Waals surface area contributed by atoms with E-state index in [4.69, 9.17) is 18.9 Å². The van der Waals surface area contributed by atoms with E-state index in [0.29, 0.717) is 24.5 Å². The highest BCUT2D eigenvalue weighted by atomic mass is 16.7. The standard InChI is InChI=1S/C20H29NO7/c1-20(2,3)28-19(24)21-17(18(22)23)14-7-9-15(10-8-14)25-12-13-27-16-6-4-5-11-26-16/h7-10,16-17H,4-6,11-13H2,1-3H3,(H,21,24)(H,22,23). The first-order chi connectivity index (χ1) is 13.2. The summed E-state index contributed by atoms with van der Waals surface area (Å²) in [4.78, 5) is 23.4. The molecule has 1 aromatic carbocycles. The quantitative estimate of drug-likeness (QED) is 0.651. The molecular formula is C20H29NO7. The number of rotatable bonds is 8. The monoisotopic (exact) mass is 395 g/mol. The minimum Gasteiger partial charge on any atom is -0.491 e. The van der Waals surface area contributed by atoms with Gasteiger partial charge in [-0.25, -0.2) is 9.59 Å². The van der Waals surface area contributed by atoms with Crippen LogP contribution in [0.25, 0.3) is 0 Å². The van der Waals surface area contributed by atoms with Crippen molar-refractivity contribution in [2.75, 3.05) is 19.8 Å². The lowest BCUT2D eigenvalue weighted by molar-refractivity contribution is -0.165. The van der Waals surface area contributed by atoms with E-state index in [1.165, 1.54) is 0 Å². The van der Waals surface area contributed by atoms with E-state index in [9.17, 15) is 14.7 Å². The summed E-state index contributed by atoms with van der Waals surface area (Å²) in [5, 5.41) is 11.8. The first-order valence-electron chi connectivity index (χ1n) is 9.43. The molecular weight excluding hydrogens is 366 g/mol. The van der Waals surface area contributed by atoms with Gasteiger partial charge in [0.15, 0.2) is 12.3 Å². The second-order valence-corrected chi connectivity index (χ2v) is 7.50. The highest BCUT2D eigenvalue weighted by Crippen LogP contribution is 2.19. The van der Waals surface area contributed by atoms with Gasteiger partial charge in [-0.05, 0) is 57.7 Å². The molecule has 0 saturated carbocycles. The van der Waals surface area contributed by atoms with Gasteiger partial charge in [0.05, 0.1) is 6.61 Å². The van der Waals surface area contributed by atoms with Gasteiger partial charge in [-0.3, -0.25) is 0 Å². The third kappa shape index (κ3) is 7.74. The highest BCUT2D eigenvalue weighted by Gasteiger charge is 2.25. The Kier molecular flexibility index (Phi) is 8.07. The van der Waals surface area contributed by atoms with Crippen LogP contribution in [0.2, 0.25) is 0 Å². The minimum absolute atomic E-state index is 0.157. The molecule has 1 amide bonds. The van der Waals surface area contributed by atoms with Crippen LogP contribution in [0.5, 0.6) is 5.75 Å². The summed E-state index contributed by atoms with van der Waals surface area (Å²) in [5.74, 6) is -0.598. The number of amides is 1. The van der Waals surface area contributed by atoms with E-state index in [1.54, 1.807) is 45.0 Å². The van der Waals surface area contributed by atoms with Crippen LogP contribution in [-0.4, -0.2) is 48.9 Å². The summed E-state index contributed by atoms with van der Waals surface area (Å²) in [7, 11) is 0. The highest BCUT2D eigenvalue weighted by molar-refractivity contribution is 5.81. The van der Waals surface area contributed by atoms with Gasteiger partial charge in [-0.1, -0.05) is 12.1 Å². The largest absolute Gasteiger partial charge is 0.491 e. The summed E-state index contributed by atoms with van der Waals surface area (Å²) < 4.78 is 21.8. The number of aliphatic carboxylic acids is 1. The normalized spacial score (nSPS) is 18.2. The number of ether oxygens (including phenoxy) is 4. The van der Waals surface area contributed by atoms with E-state index in [0.717, 1.165) is 25.9 Å². The van der Waals surface area contributed by atoms with Crippen molar-refractivity contribution in [3.63, 3.8) is 0 Å². The van der Waals surface area contributed by atoms with E-state index < -0.39 is 23.7 Å². The molecule has 2 unspecified atom stereocenters. The molecule has 1 aliphatic heterocycles. The number of nitrogens with one attached hydrogen (secondary N) is 1. The van der Waals surface area contributed by atoms with Crippen LogP contribution in [0.15, 0.2) is 24.3 Å². The van der Waals surface area contributed by atoms with E-state index in [1.807, 2.05) is 0 Å². The Balaban J connectivity index is 1.82. The molecule has 8 heteroatoms. The molecule has 1 saturated heterocycles. The molecule has 1 aliphatic rings. The third-order valence-corrected chi connectivity index (χ3v) is 3.92. The van der Waals surface area contributed by atoms with E-state index >= 15 is 0 Å². The zero-order chi connectivity index (χ0) is 20.6. The predicted octanol–water partition coefficient (Wildman–Crippen LogP) is 3.26. The van der Waals surface area contributed by atoms with Crippen molar-refractivity contribution in [1.82, 2.24) is 5.32 Å². The molecule has 0 aliphatic carbocycles. The van der Waals surface area contributed by atoms with Crippen molar-refractivity contribution < 1.29 is 33.6 Å². The molecule has 0 bridgehead atoms. The first kappa shape index (κ1) is 22.0. The van der Waals surface area contributed by atoms with Crippen molar-refractivity contribution in [2.24, 2.45) is 0 Å². The van der Waals surface area contributed by atoms with Crippen LogP contribution in [0.1, 0.15) is 51.6 Å². The first-order valence-corrected chi connectivity index (χ1v) is 9.43. The molecule has 0 spiro atoms. The fourth-order valence-corrected chi connectivity index (χ4v) is 2.65. The van der Waals surface area contributed by atoms with Gasteiger partial charge in [0.1, 0.15) is 18.0 Å². The van der Waals surface area contributed by atoms with Crippen LogP contribution in [0.4, 0.5) is 4.79 Å². The Morgan fingerprint density at radius 3 is 2.50 bits per heavy atom. The van der Waals surface area contributed by atoms with Crippen molar-refractivity contribution in [3.8, 4) is 5.75 Å². The van der Waals surface area contributed by atoms with Crippen LogP contribution >= 0.6 is 0 Å². The Bertz CT molecular complexity index is 633. The molecule has 28 heavy (non-hydrogen) atoms. The molecule has 1 fully saturated rings. The maximum absolute atomic E-state index is 11.9. The molecule has 156 valence electrons. The number of alkyl carbamates (subject to hydrolysis) is 1. The van der Waals surface area contributed by atoms with Crippen LogP contribution in [0.3, 0.4) is 0 Å². The predicted molar refractivity (Wildman–Crippen MR) is 101 cm³/mol. The molecule has 0 radical (unpaired) electrons. The van der Waals surface area contributed by atoms with Gasteiger partial charge < -0.3 is 29.4 Å². The maximum atomic E-state index is 11.9. The Morgan fingerprint density at radius 1 is 1.21 bits per heavy atom. The SMILES string of the molecule is CC(C)(C)OC(=O)NC(C(=O)O)c1ccc(OCCOC2CCCCO2)cc1. The second kappa shape index (κ2) is 10.3. The number of carboxylic acid groups (broad SMARTS) is 1. The Hall–Kier alpha value is -2.32. The molecule has 0 aromatic heterocycles. The fraction of sp³-hybridized carbons (Fsp3) is 0.600. The lowest BCUT2D eigenvalue weighted by atomic mass is 10.1. The second-order valence-electron chi connectivity index (χ2n) is 7.50. The van der Waals surface area contributed by atoms with Crippen LogP contribution < -0.4 is 10.1 Å². The number of carbonyl (C=O) groups is 2. The maximum Gasteiger partial charge on any atom is 0.408 e. The lowest BCUT2D eigenvalue weighted by Crippen LogP contribution is -2.38. The number of carboxylic acids is 1. The van der Waals surface area contributed by atoms with Gasteiger partial charge in [-0.15, -0.1) is 0 Å². The van der Waals surface area contributed by atoms with Gasteiger partial charge >= 0.3 is 12.1 Å². The van der Waals surface area contributed by atoms with E-state index in [2.05, 4.69) is 5.32 Å². The lowest BCUT2D eigenvalue weighted by Gasteiger charge is -2.22. The van der Waals surface area contributed by atoms with Crippen LogP contribution in [0, 0.1) is 0 Å². The van der Waals surface area contributed by atoms with Gasteiger partial charge in [0.2, 0.25) is 0 Å². The molecule has 1 aromatic rings. The summed E-state index contributed by atoms with van der Waals surface area (Å²) in [5.41, 5.74) is -0.298. The number of hydrogen-bond donors (Lipinski definition) is 2. The number of benzene rings is 1. The average Bonchev–Trinajstić information content (AvgIpc) is 2.63. The zero-order valence-electron chi connectivity index (χ0n) is 16.6. The van der Waals surface area contributed by atoms with Crippen molar-refractivity contribution in [1.29, 1.82) is 0 Å². The number of carbonyl (C=O) groups excluding carboxylic acids is 1. The molecule has 2 rings (SSSR count). The summed E-state index contributed by atoms with van der Waals surface area (Å²) >= 11 is 0. The van der Waals surface area contributed by atoms with Gasteiger partial charge in [0, 0.05) is 6.61 Å². The van der Waals surface area contributed by atoms with Crippen molar-refractivity contribution in [2.45, 2.75) is 58.0 Å². The number of hydrogen-bond acceptors (Lipinski definition) is 6. The summed E-state index contributed by atoms with van der Waals surface area (Å²) in [6.07, 6.45) is 2.13. The minimum atomic E-state index is -1.21. The summed E-state index contributed by atoms with van der Waals surface area (Å²) in [6.45, 7) is 6.62. The topological polar surface area (TPSA) is 103 Å². The Morgan fingerprint density at radius 2 is 1.93 bits per heavy atom. The third-order valence-electron chi connectivity index (χ3n) is 3.92. The average molecular weight is 395 g/mol. The molecule has 2 atom stereocenters. The smallest absolute Gasteiger partial charge is 0.408 e.